The van der Waals surface area contributed by atoms with E-state index in [0.717, 1.165) is 12.3 Å². The second kappa shape index (κ2) is 9.06. The van der Waals surface area contributed by atoms with E-state index in [1.165, 1.54) is 31.2 Å². The minimum Gasteiger partial charge on any atom is -1.00 e. The van der Waals surface area contributed by atoms with E-state index in [1.54, 1.807) is 7.11 Å². The number of halogens is 1. The summed E-state index contributed by atoms with van der Waals surface area (Å²) in [4.78, 5) is 0. The van der Waals surface area contributed by atoms with Crippen molar-refractivity contribution < 1.29 is 27.0 Å². The number of hydrogen-bond acceptors (Lipinski definition) is 4. The second-order valence-electron chi connectivity index (χ2n) is 4.92. The van der Waals surface area contributed by atoms with E-state index in [0.29, 0.717) is 11.8 Å². The highest BCUT2D eigenvalue weighted by molar-refractivity contribution is 5.42. The normalized spacial score (nSPS) is 14.9. The summed E-state index contributed by atoms with van der Waals surface area (Å²) in [5.41, 5.74) is 1.19. The van der Waals surface area contributed by atoms with Crippen molar-refractivity contribution in [1.29, 1.82) is 0 Å². The smallest absolute Gasteiger partial charge is 0.161 e. The van der Waals surface area contributed by atoms with Crippen molar-refractivity contribution >= 4 is 0 Å². The summed E-state index contributed by atoms with van der Waals surface area (Å²) >= 11 is 0. The summed E-state index contributed by atoms with van der Waals surface area (Å²) in [6, 6.07) is 6.60. The Labute approximate surface area is 126 Å². The van der Waals surface area contributed by atoms with Gasteiger partial charge in [-0.05, 0) is 30.5 Å². The molecule has 1 aromatic rings. The zero-order valence-corrected chi connectivity index (χ0v) is 12.7. The van der Waals surface area contributed by atoms with Crippen molar-refractivity contribution in [3.8, 4) is 11.5 Å². The summed E-state index contributed by atoms with van der Waals surface area (Å²) in [5.74, 6) is 1.40. The Morgan fingerprint density at radius 1 is 1.25 bits per heavy atom. The van der Waals surface area contributed by atoms with Gasteiger partial charge in [0.1, 0.15) is 6.61 Å². The molecule has 0 heterocycles. The van der Waals surface area contributed by atoms with Crippen LogP contribution in [0.3, 0.4) is 0 Å². The molecular weight excluding hydrogens is 278 g/mol. The lowest BCUT2D eigenvalue weighted by molar-refractivity contribution is -0.00000545. The van der Waals surface area contributed by atoms with Crippen LogP contribution in [0.2, 0.25) is 0 Å². The maximum Gasteiger partial charge on any atom is 0.161 e. The van der Waals surface area contributed by atoms with Gasteiger partial charge in [-0.15, -0.1) is 0 Å². The van der Waals surface area contributed by atoms with E-state index >= 15 is 0 Å². The fraction of sp³-hybridized carbons (Fsp3) is 0.600. The van der Waals surface area contributed by atoms with Gasteiger partial charge in [0.25, 0.3) is 0 Å². The van der Waals surface area contributed by atoms with Crippen LogP contribution in [0.4, 0.5) is 0 Å². The van der Waals surface area contributed by atoms with Gasteiger partial charge in [0.15, 0.2) is 11.5 Å². The van der Waals surface area contributed by atoms with E-state index < -0.39 is 0 Å². The van der Waals surface area contributed by atoms with Gasteiger partial charge in [0.05, 0.1) is 13.7 Å². The zero-order chi connectivity index (χ0) is 13.5. The number of nitrogens with one attached hydrogen (secondary N) is 1. The molecule has 0 aromatic heterocycles. The molecule has 0 radical (unpaired) electrons. The van der Waals surface area contributed by atoms with Crippen LogP contribution in [0.1, 0.15) is 31.2 Å². The largest absolute Gasteiger partial charge is 1.00 e. The van der Waals surface area contributed by atoms with Gasteiger partial charge < -0.3 is 32.3 Å². The Morgan fingerprint density at radius 2 is 2.00 bits per heavy atom. The summed E-state index contributed by atoms with van der Waals surface area (Å²) in [7, 11) is 1.63. The van der Waals surface area contributed by atoms with Crippen LogP contribution in [0.25, 0.3) is 0 Å². The Kier molecular flexibility index (Phi) is 7.73. The molecule has 1 aromatic carbocycles. The van der Waals surface area contributed by atoms with Gasteiger partial charge in [-0.1, -0.05) is 18.9 Å². The third-order valence-electron chi connectivity index (χ3n) is 3.53. The van der Waals surface area contributed by atoms with Gasteiger partial charge in [-0.2, -0.15) is 0 Å². The Balaban J connectivity index is 0.00000200. The fourth-order valence-electron chi connectivity index (χ4n) is 2.49. The van der Waals surface area contributed by atoms with E-state index in [-0.39, 0.29) is 25.6 Å². The SMILES string of the molecule is COc1cc(CNC2CCCC2)ccc1OCCO.[Cl-]. The Bertz CT molecular complexity index is 395. The van der Waals surface area contributed by atoms with Gasteiger partial charge in [-0.3, -0.25) is 0 Å². The van der Waals surface area contributed by atoms with Gasteiger partial charge in [-0.25, -0.2) is 0 Å². The number of aliphatic hydroxyl groups is 1. The van der Waals surface area contributed by atoms with Gasteiger partial charge in [0, 0.05) is 12.6 Å². The molecule has 0 aliphatic heterocycles. The predicted octanol–water partition coefficient (Wildman–Crippen LogP) is -0.897. The highest BCUT2D eigenvalue weighted by atomic mass is 35.5. The molecule has 2 rings (SSSR count). The van der Waals surface area contributed by atoms with Crippen molar-refractivity contribution in [3.05, 3.63) is 23.8 Å². The van der Waals surface area contributed by atoms with Crippen LogP contribution in [-0.4, -0.2) is 31.5 Å². The average Bonchev–Trinajstić information content (AvgIpc) is 2.96. The summed E-state index contributed by atoms with van der Waals surface area (Å²) in [6.45, 7) is 1.16. The molecule has 0 atom stereocenters. The molecule has 0 unspecified atom stereocenters. The molecule has 1 fully saturated rings. The zero-order valence-electron chi connectivity index (χ0n) is 11.9. The second-order valence-corrected chi connectivity index (χ2v) is 4.92. The lowest BCUT2D eigenvalue weighted by Gasteiger charge is -2.14. The summed E-state index contributed by atoms with van der Waals surface area (Å²) < 4.78 is 10.7. The molecule has 1 aliphatic rings. The molecule has 0 amide bonds. The number of ether oxygens (including phenoxy) is 2. The van der Waals surface area contributed by atoms with Crippen LogP contribution in [0, 0.1) is 0 Å². The quantitative estimate of drug-likeness (QED) is 0.685. The monoisotopic (exact) mass is 300 g/mol. The van der Waals surface area contributed by atoms with E-state index in [1.807, 2.05) is 18.2 Å². The maximum atomic E-state index is 8.78. The van der Waals surface area contributed by atoms with Crippen LogP contribution in [0.15, 0.2) is 18.2 Å². The standard InChI is InChI=1S/C15H23NO3.ClH/c1-18-15-10-12(6-7-14(15)19-9-8-17)11-16-13-4-2-3-5-13;/h6-7,10,13,16-17H,2-5,8-9,11H2,1H3;1H/p-1. The molecule has 0 bridgehead atoms. The lowest BCUT2D eigenvalue weighted by atomic mass is 10.1. The van der Waals surface area contributed by atoms with Crippen LogP contribution >= 0.6 is 0 Å². The topological polar surface area (TPSA) is 50.7 Å². The minimum atomic E-state index is 0. The Morgan fingerprint density at radius 3 is 2.65 bits per heavy atom. The van der Waals surface area contributed by atoms with E-state index in [4.69, 9.17) is 14.6 Å². The predicted molar refractivity (Wildman–Crippen MR) is 74.7 cm³/mol. The minimum absolute atomic E-state index is 0. The molecule has 114 valence electrons. The van der Waals surface area contributed by atoms with Gasteiger partial charge in [0.2, 0.25) is 0 Å². The number of rotatable bonds is 7. The molecule has 1 aliphatic carbocycles. The first kappa shape index (κ1) is 17.1. The third kappa shape index (κ3) is 4.85. The number of aliphatic hydroxyl groups excluding tert-OH is 1. The van der Waals surface area contributed by atoms with Crippen LogP contribution < -0.4 is 27.2 Å². The molecule has 4 nitrogen and oxygen atoms in total. The number of benzene rings is 1. The molecule has 0 spiro atoms. The Hall–Kier alpha value is -0.970. The first-order valence-corrected chi connectivity index (χ1v) is 6.97. The highest BCUT2D eigenvalue weighted by Crippen LogP contribution is 2.28. The molecule has 1 saturated carbocycles. The number of methoxy groups -OCH3 is 1. The van der Waals surface area contributed by atoms with Crippen molar-refractivity contribution in [1.82, 2.24) is 5.32 Å². The van der Waals surface area contributed by atoms with Crippen molar-refractivity contribution in [3.63, 3.8) is 0 Å². The fourth-order valence-corrected chi connectivity index (χ4v) is 2.49. The average molecular weight is 301 g/mol. The van der Waals surface area contributed by atoms with E-state index in [9.17, 15) is 0 Å². The summed E-state index contributed by atoms with van der Waals surface area (Å²) in [6.07, 6.45) is 5.26. The van der Waals surface area contributed by atoms with Crippen LogP contribution in [0.5, 0.6) is 11.5 Å². The maximum absolute atomic E-state index is 8.78. The molecule has 2 N–H and O–H groups in total. The molecular formula is C15H23ClNO3-. The van der Waals surface area contributed by atoms with Crippen molar-refractivity contribution in [2.24, 2.45) is 0 Å². The first-order valence-electron chi connectivity index (χ1n) is 6.97. The number of hydrogen-bond donors (Lipinski definition) is 2. The molecule has 20 heavy (non-hydrogen) atoms. The molecule has 0 saturated heterocycles. The first-order chi connectivity index (χ1) is 9.33. The van der Waals surface area contributed by atoms with Crippen molar-refractivity contribution in [2.75, 3.05) is 20.3 Å². The summed E-state index contributed by atoms with van der Waals surface area (Å²) in [5, 5.41) is 12.4. The van der Waals surface area contributed by atoms with Crippen LogP contribution in [-0.2, 0) is 6.54 Å². The third-order valence-corrected chi connectivity index (χ3v) is 3.53. The van der Waals surface area contributed by atoms with Crippen molar-refractivity contribution in [2.45, 2.75) is 38.3 Å². The van der Waals surface area contributed by atoms with Gasteiger partial charge >= 0.3 is 0 Å². The highest BCUT2D eigenvalue weighted by Gasteiger charge is 2.14. The lowest BCUT2D eigenvalue weighted by Crippen LogP contribution is -3.00. The van der Waals surface area contributed by atoms with E-state index in [2.05, 4.69) is 5.32 Å². The molecule has 5 heteroatoms.